The Bertz CT molecular complexity index is 818. The molecule has 0 fully saturated rings. The lowest BCUT2D eigenvalue weighted by Crippen LogP contribution is -2.25. The number of hydrogen-bond acceptors (Lipinski definition) is 3. The van der Waals surface area contributed by atoms with E-state index in [1.807, 2.05) is 6.07 Å². The predicted octanol–water partition coefficient (Wildman–Crippen LogP) is 4.66. The van der Waals surface area contributed by atoms with Gasteiger partial charge in [0.1, 0.15) is 0 Å². The summed E-state index contributed by atoms with van der Waals surface area (Å²) in [5, 5.41) is 0. The van der Waals surface area contributed by atoms with Crippen LogP contribution in [0.25, 0.3) is 0 Å². The molecule has 0 aliphatic carbocycles. The average molecular weight is 331 g/mol. The number of hydrogen-bond donors (Lipinski definition) is 0. The zero-order valence-corrected chi connectivity index (χ0v) is 14.1. The summed E-state index contributed by atoms with van der Waals surface area (Å²) in [6.07, 6.45) is 1.01. The van der Waals surface area contributed by atoms with Crippen molar-refractivity contribution in [2.45, 2.75) is 13.0 Å². The normalized spacial score (nSPS) is 12.2. The van der Waals surface area contributed by atoms with E-state index in [1.165, 1.54) is 16.8 Å². The standard InChI is InChI=1S/C22H21NO2/c1-3-7-18(8-4-1)13-14-23(20-9-5-2-6-10-20)16-19-11-12-21-22(15-19)25-17-24-21/h1-12,15H,13-14,16-17H2. The van der Waals surface area contributed by atoms with E-state index in [1.54, 1.807) is 0 Å². The second kappa shape index (κ2) is 7.31. The van der Waals surface area contributed by atoms with Crippen molar-refractivity contribution in [1.29, 1.82) is 0 Å². The van der Waals surface area contributed by atoms with Crippen molar-refractivity contribution >= 4 is 5.69 Å². The summed E-state index contributed by atoms with van der Waals surface area (Å²) >= 11 is 0. The maximum atomic E-state index is 5.51. The minimum absolute atomic E-state index is 0.315. The molecule has 0 spiro atoms. The van der Waals surface area contributed by atoms with E-state index >= 15 is 0 Å². The van der Waals surface area contributed by atoms with Crippen LogP contribution < -0.4 is 14.4 Å². The highest BCUT2D eigenvalue weighted by Gasteiger charge is 2.15. The van der Waals surface area contributed by atoms with Gasteiger partial charge >= 0.3 is 0 Å². The summed E-state index contributed by atoms with van der Waals surface area (Å²) in [6.45, 7) is 2.12. The summed E-state index contributed by atoms with van der Waals surface area (Å²) in [5.41, 5.74) is 3.81. The lowest BCUT2D eigenvalue weighted by Gasteiger charge is -2.25. The Morgan fingerprint density at radius 3 is 2.24 bits per heavy atom. The third-order valence-electron chi connectivity index (χ3n) is 4.44. The molecule has 1 aliphatic heterocycles. The molecule has 3 nitrogen and oxygen atoms in total. The van der Waals surface area contributed by atoms with Crippen LogP contribution in [0.3, 0.4) is 0 Å². The van der Waals surface area contributed by atoms with Crippen LogP contribution in [0.15, 0.2) is 78.9 Å². The molecule has 0 N–H and O–H groups in total. The molecule has 1 aliphatic rings. The second-order valence-electron chi connectivity index (χ2n) is 6.18. The maximum absolute atomic E-state index is 5.51. The van der Waals surface area contributed by atoms with Gasteiger partial charge in [-0.15, -0.1) is 0 Å². The second-order valence-corrected chi connectivity index (χ2v) is 6.18. The summed E-state index contributed by atoms with van der Waals surface area (Å²) in [6, 6.07) is 27.4. The maximum Gasteiger partial charge on any atom is 0.231 e. The topological polar surface area (TPSA) is 21.7 Å². The Kier molecular flexibility index (Phi) is 4.55. The SMILES string of the molecule is c1ccc(CCN(Cc2ccc3c(c2)OCO3)c2ccccc2)cc1. The highest BCUT2D eigenvalue weighted by Crippen LogP contribution is 2.33. The molecule has 0 radical (unpaired) electrons. The van der Waals surface area contributed by atoms with Gasteiger partial charge in [-0.1, -0.05) is 54.6 Å². The van der Waals surface area contributed by atoms with Crippen LogP contribution in [0.4, 0.5) is 5.69 Å². The summed E-state index contributed by atoms with van der Waals surface area (Å²) < 4.78 is 10.9. The number of anilines is 1. The molecule has 0 atom stereocenters. The molecule has 1 heterocycles. The van der Waals surface area contributed by atoms with Gasteiger partial charge in [0.25, 0.3) is 0 Å². The van der Waals surface area contributed by atoms with Crippen molar-refractivity contribution in [3.63, 3.8) is 0 Å². The zero-order valence-electron chi connectivity index (χ0n) is 14.1. The number of benzene rings is 3. The highest BCUT2D eigenvalue weighted by atomic mass is 16.7. The first kappa shape index (κ1) is 15.6. The van der Waals surface area contributed by atoms with Crippen molar-refractivity contribution in [3.8, 4) is 11.5 Å². The van der Waals surface area contributed by atoms with E-state index in [2.05, 4.69) is 77.7 Å². The van der Waals surface area contributed by atoms with Gasteiger partial charge in [0.15, 0.2) is 11.5 Å². The van der Waals surface area contributed by atoms with Crippen LogP contribution in [-0.4, -0.2) is 13.3 Å². The number of fused-ring (bicyclic) bond motifs is 1. The fourth-order valence-electron chi connectivity index (χ4n) is 3.11. The summed E-state index contributed by atoms with van der Waals surface area (Å²) in [7, 11) is 0. The number of rotatable bonds is 6. The lowest BCUT2D eigenvalue weighted by molar-refractivity contribution is 0.174. The molecular formula is C22H21NO2. The molecule has 0 aromatic heterocycles. The molecule has 3 aromatic carbocycles. The van der Waals surface area contributed by atoms with Crippen LogP contribution in [0.2, 0.25) is 0 Å². The van der Waals surface area contributed by atoms with E-state index < -0.39 is 0 Å². The number of para-hydroxylation sites is 1. The lowest BCUT2D eigenvalue weighted by atomic mass is 10.1. The first-order chi connectivity index (χ1) is 12.4. The Morgan fingerprint density at radius 1 is 0.720 bits per heavy atom. The summed E-state index contributed by atoms with van der Waals surface area (Å²) in [5.74, 6) is 1.67. The molecule has 0 saturated carbocycles. The Labute approximate surface area is 148 Å². The molecule has 0 unspecified atom stereocenters. The van der Waals surface area contributed by atoms with Gasteiger partial charge in [0, 0.05) is 18.8 Å². The first-order valence-corrected chi connectivity index (χ1v) is 8.61. The summed E-state index contributed by atoms with van der Waals surface area (Å²) in [4.78, 5) is 2.41. The predicted molar refractivity (Wildman–Crippen MR) is 100 cm³/mol. The van der Waals surface area contributed by atoms with Crippen LogP contribution in [0.1, 0.15) is 11.1 Å². The van der Waals surface area contributed by atoms with E-state index in [-0.39, 0.29) is 0 Å². The average Bonchev–Trinajstić information content (AvgIpc) is 3.14. The third kappa shape index (κ3) is 3.77. The fourth-order valence-corrected chi connectivity index (χ4v) is 3.11. The number of nitrogens with zero attached hydrogens (tertiary/aromatic N) is 1. The quantitative estimate of drug-likeness (QED) is 0.655. The smallest absolute Gasteiger partial charge is 0.231 e. The molecule has 3 aromatic rings. The highest BCUT2D eigenvalue weighted by molar-refractivity contribution is 5.49. The van der Waals surface area contributed by atoms with Crippen molar-refractivity contribution in [2.75, 3.05) is 18.2 Å². The molecule has 0 bridgehead atoms. The van der Waals surface area contributed by atoms with Crippen LogP contribution in [0, 0.1) is 0 Å². The molecule has 126 valence electrons. The van der Waals surface area contributed by atoms with Gasteiger partial charge in [-0.25, -0.2) is 0 Å². The molecule has 3 heteroatoms. The monoisotopic (exact) mass is 331 g/mol. The Balaban J connectivity index is 1.53. The largest absolute Gasteiger partial charge is 0.454 e. The third-order valence-corrected chi connectivity index (χ3v) is 4.44. The minimum Gasteiger partial charge on any atom is -0.454 e. The van der Waals surface area contributed by atoms with Gasteiger partial charge in [-0.2, -0.15) is 0 Å². The van der Waals surface area contributed by atoms with Gasteiger partial charge in [-0.3, -0.25) is 0 Å². The molecule has 25 heavy (non-hydrogen) atoms. The van der Waals surface area contributed by atoms with Gasteiger partial charge < -0.3 is 14.4 Å². The van der Waals surface area contributed by atoms with Gasteiger partial charge in [0.05, 0.1) is 0 Å². The molecule has 0 amide bonds. The molecular weight excluding hydrogens is 310 g/mol. The molecule has 4 rings (SSSR count). The van der Waals surface area contributed by atoms with Crippen LogP contribution in [0.5, 0.6) is 11.5 Å². The first-order valence-electron chi connectivity index (χ1n) is 8.61. The van der Waals surface area contributed by atoms with E-state index in [0.717, 1.165) is 31.0 Å². The van der Waals surface area contributed by atoms with E-state index in [0.29, 0.717) is 6.79 Å². The van der Waals surface area contributed by atoms with Crippen LogP contribution >= 0.6 is 0 Å². The zero-order chi connectivity index (χ0) is 16.9. The van der Waals surface area contributed by atoms with Crippen molar-refractivity contribution in [1.82, 2.24) is 0 Å². The molecule has 0 saturated heterocycles. The van der Waals surface area contributed by atoms with E-state index in [4.69, 9.17) is 9.47 Å². The fraction of sp³-hybridized carbons (Fsp3) is 0.182. The van der Waals surface area contributed by atoms with E-state index in [9.17, 15) is 0 Å². The minimum atomic E-state index is 0.315. The Morgan fingerprint density at radius 2 is 1.44 bits per heavy atom. The van der Waals surface area contributed by atoms with Gasteiger partial charge in [-0.05, 0) is 41.8 Å². The Hall–Kier alpha value is -2.94. The van der Waals surface area contributed by atoms with Crippen LogP contribution in [-0.2, 0) is 13.0 Å². The van der Waals surface area contributed by atoms with Gasteiger partial charge in [0.2, 0.25) is 6.79 Å². The number of ether oxygens (including phenoxy) is 2. The van der Waals surface area contributed by atoms with Crippen molar-refractivity contribution in [3.05, 3.63) is 90.0 Å². The van der Waals surface area contributed by atoms with Crippen molar-refractivity contribution < 1.29 is 9.47 Å². The van der Waals surface area contributed by atoms with Crippen molar-refractivity contribution in [2.24, 2.45) is 0 Å².